The van der Waals surface area contributed by atoms with Crippen molar-refractivity contribution in [1.29, 1.82) is 0 Å². The van der Waals surface area contributed by atoms with Gasteiger partial charge in [0.1, 0.15) is 5.82 Å². The van der Waals surface area contributed by atoms with E-state index in [4.69, 9.17) is 0 Å². The Balaban J connectivity index is 0.00000576. The number of rotatable bonds is 10. The maximum absolute atomic E-state index is 4.30. The van der Waals surface area contributed by atoms with Gasteiger partial charge in [-0.05, 0) is 47.5 Å². The van der Waals surface area contributed by atoms with E-state index in [0.717, 1.165) is 50.8 Å². The molecule has 0 saturated carbocycles. The van der Waals surface area contributed by atoms with Gasteiger partial charge in [-0.25, -0.2) is 4.98 Å². The van der Waals surface area contributed by atoms with Crippen LogP contribution in [0.25, 0.3) is 0 Å². The van der Waals surface area contributed by atoms with Crippen molar-refractivity contribution in [3.63, 3.8) is 0 Å². The molecule has 0 bridgehead atoms. The largest absolute Gasteiger partial charge is 0.356 e. The number of aliphatic imine (C=N–C) groups is 1. The highest BCUT2D eigenvalue weighted by Gasteiger charge is 2.12. The second-order valence-corrected chi connectivity index (χ2v) is 6.73. The third kappa shape index (κ3) is 9.44. The number of aryl methyl sites for hydroxylation is 2. The zero-order valence-electron chi connectivity index (χ0n) is 16.7. The highest BCUT2D eigenvalue weighted by Crippen LogP contribution is 2.03. The number of guanidine groups is 1. The minimum atomic E-state index is 0. The van der Waals surface area contributed by atoms with E-state index in [0.29, 0.717) is 12.1 Å². The van der Waals surface area contributed by atoms with Gasteiger partial charge in [0.2, 0.25) is 0 Å². The van der Waals surface area contributed by atoms with Crippen LogP contribution in [0.5, 0.6) is 0 Å². The second kappa shape index (κ2) is 13.4. The second-order valence-electron chi connectivity index (χ2n) is 6.73. The van der Waals surface area contributed by atoms with Crippen molar-refractivity contribution in [2.24, 2.45) is 4.99 Å². The van der Waals surface area contributed by atoms with Gasteiger partial charge in [-0.3, -0.25) is 9.89 Å². The molecule has 25 heavy (non-hydrogen) atoms. The third-order valence-electron chi connectivity index (χ3n) is 4.25. The summed E-state index contributed by atoms with van der Waals surface area (Å²) in [6, 6.07) is 1.13. The van der Waals surface area contributed by atoms with Crippen molar-refractivity contribution in [2.75, 3.05) is 26.7 Å². The van der Waals surface area contributed by atoms with Gasteiger partial charge in [0.25, 0.3) is 0 Å². The van der Waals surface area contributed by atoms with Crippen molar-refractivity contribution in [2.45, 2.75) is 66.1 Å². The molecule has 1 heterocycles. The van der Waals surface area contributed by atoms with Crippen molar-refractivity contribution in [1.82, 2.24) is 25.1 Å². The summed E-state index contributed by atoms with van der Waals surface area (Å²) in [4.78, 5) is 11.0. The molecule has 0 aliphatic heterocycles. The zero-order chi connectivity index (χ0) is 17.9. The molecule has 0 unspecified atom stereocenters. The Labute approximate surface area is 170 Å². The average Bonchev–Trinajstić information content (AvgIpc) is 2.93. The maximum atomic E-state index is 4.30. The molecule has 0 atom stereocenters. The minimum absolute atomic E-state index is 0. The van der Waals surface area contributed by atoms with Gasteiger partial charge in [-0.1, -0.05) is 0 Å². The molecule has 0 aliphatic rings. The highest BCUT2D eigenvalue weighted by atomic mass is 127. The summed E-state index contributed by atoms with van der Waals surface area (Å²) >= 11 is 0. The van der Waals surface area contributed by atoms with E-state index in [2.05, 4.69) is 57.8 Å². The molecule has 146 valence electrons. The summed E-state index contributed by atoms with van der Waals surface area (Å²) < 4.78 is 2.19. The van der Waals surface area contributed by atoms with E-state index in [1.165, 1.54) is 0 Å². The van der Waals surface area contributed by atoms with Crippen LogP contribution in [-0.2, 0) is 6.54 Å². The lowest BCUT2D eigenvalue weighted by molar-refractivity contribution is 0.178. The highest BCUT2D eigenvalue weighted by molar-refractivity contribution is 14.0. The van der Waals surface area contributed by atoms with Gasteiger partial charge >= 0.3 is 0 Å². The first-order valence-electron chi connectivity index (χ1n) is 9.13. The SMILES string of the molecule is CN=C(NCCCCn1ccnc1C)NCCN(C(C)C)C(C)C.I. The zero-order valence-corrected chi connectivity index (χ0v) is 19.1. The van der Waals surface area contributed by atoms with Crippen molar-refractivity contribution < 1.29 is 0 Å². The number of aromatic nitrogens is 2. The van der Waals surface area contributed by atoms with Crippen molar-refractivity contribution >= 4 is 29.9 Å². The molecular formula is C18H37IN6. The number of hydrogen-bond acceptors (Lipinski definition) is 3. The Morgan fingerprint density at radius 1 is 1.16 bits per heavy atom. The van der Waals surface area contributed by atoms with Crippen LogP contribution < -0.4 is 10.6 Å². The normalized spacial score (nSPS) is 12.0. The van der Waals surface area contributed by atoms with Gasteiger partial charge in [0.15, 0.2) is 5.96 Å². The molecule has 2 N–H and O–H groups in total. The molecule has 0 fully saturated rings. The average molecular weight is 464 g/mol. The summed E-state index contributed by atoms with van der Waals surface area (Å²) in [7, 11) is 1.83. The molecule has 1 rings (SSSR count). The first-order chi connectivity index (χ1) is 11.5. The summed E-state index contributed by atoms with van der Waals surface area (Å²) in [5, 5.41) is 6.80. The summed E-state index contributed by atoms with van der Waals surface area (Å²) in [5.74, 6) is 1.97. The molecule has 0 saturated heterocycles. The van der Waals surface area contributed by atoms with Crippen LogP contribution in [0.4, 0.5) is 0 Å². The quantitative estimate of drug-likeness (QED) is 0.242. The predicted molar refractivity (Wildman–Crippen MR) is 118 cm³/mol. The Morgan fingerprint density at radius 2 is 1.80 bits per heavy atom. The number of unbranched alkanes of at least 4 members (excludes halogenated alkanes) is 1. The Bertz CT molecular complexity index is 476. The molecular weight excluding hydrogens is 427 g/mol. The van der Waals surface area contributed by atoms with E-state index in [9.17, 15) is 0 Å². The van der Waals surface area contributed by atoms with Gasteiger partial charge in [-0.2, -0.15) is 0 Å². The van der Waals surface area contributed by atoms with Crippen LogP contribution in [-0.4, -0.2) is 59.2 Å². The molecule has 6 nitrogen and oxygen atoms in total. The van der Waals surface area contributed by atoms with Crippen molar-refractivity contribution in [3.05, 3.63) is 18.2 Å². The molecule has 7 heteroatoms. The van der Waals surface area contributed by atoms with Gasteiger partial charge in [-0.15, -0.1) is 24.0 Å². The fourth-order valence-electron chi connectivity index (χ4n) is 2.89. The third-order valence-corrected chi connectivity index (χ3v) is 4.25. The van der Waals surface area contributed by atoms with Crippen LogP contribution in [0.15, 0.2) is 17.4 Å². The molecule has 0 amide bonds. The molecule has 0 radical (unpaired) electrons. The topological polar surface area (TPSA) is 57.5 Å². The number of nitrogens with one attached hydrogen (secondary N) is 2. The maximum Gasteiger partial charge on any atom is 0.191 e. The van der Waals surface area contributed by atoms with Gasteiger partial charge in [0, 0.05) is 57.7 Å². The van der Waals surface area contributed by atoms with Crippen molar-refractivity contribution in [3.8, 4) is 0 Å². The lowest BCUT2D eigenvalue weighted by Crippen LogP contribution is -2.45. The molecule has 0 spiro atoms. The van der Waals surface area contributed by atoms with Crippen LogP contribution in [0.2, 0.25) is 0 Å². The van der Waals surface area contributed by atoms with Crippen LogP contribution >= 0.6 is 24.0 Å². The first-order valence-corrected chi connectivity index (χ1v) is 9.13. The Kier molecular flexibility index (Phi) is 12.9. The lowest BCUT2D eigenvalue weighted by Gasteiger charge is -2.30. The number of nitrogens with zero attached hydrogens (tertiary/aromatic N) is 4. The van der Waals surface area contributed by atoms with E-state index in [-0.39, 0.29) is 24.0 Å². The first kappa shape index (κ1) is 24.2. The number of imidazole rings is 1. The van der Waals surface area contributed by atoms with Crippen LogP contribution in [0.1, 0.15) is 46.4 Å². The molecule has 1 aromatic rings. The minimum Gasteiger partial charge on any atom is -0.356 e. The summed E-state index contributed by atoms with van der Waals surface area (Å²) in [6.07, 6.45) is 6.15. The lowest BCUT2D eigenvalue weighted by atomic mass is 10.2. The molecule has 1 aromatic heterocycles. The van der Waals surface area contributed by atoms with Crippen LogP contribution in [0.3, 0.4) is 0 Å². The Hall–Kier alpha value is -0.830. The fourth-order valence-corrected chi connectivity index (χ4v) is 2.89. The van der Waals surface area contributed by atoms with E-state index >= 15 is 0 Å². The van der Waals surface area contributed by atoms with Gasteiger partial charge < -0.3 is 15.2 Å². The van der Waals surface area contributed by atoms with Gasteiger partial charge in [0.05, 0.1) is 0 Å². The fraction of sp³-hybridized carbons (Fsp3) is 0.778. The summed E-state index contributed by atoms with van der Waals surface area (Å²) in [6.45, 7) is 14.9. The van der Waals surface area contributed by atoms with E-state index in [1.54, 1.807) is 0 Å². The Morgan fingerprint density at radius 3 is 2.32 bits per heavy atom. The number of hydrogen-bond donors (Lipinski definition) is 2. The summed E-state index contributed by atoms with van der Waals surface area (Å²) in [5.41, 5.74) is 0. The molecule has 0 aromatic carbocycles. The smallest absolute Gasteiger partial charge is 0.191 e. The van der Waals surface area contributed by atoms with E-state index < -0.39 is 0 Å². The number of halogens is 1. The monoisotopic (exact) mass is 464 g/mol. The van der Waals surface area contributed by atoms with Crippen LogP contribution in [0, 0.1) is 6.92 Å². The standard InChI is InChI=1S/C18H36N6.HI/c1-15(2)24(16(3)4)14-11-22-18(19-6)21-9-7-8-12-23-13-10-20-17(23)5;/h10,13,15-16H,7-9,11-12,14H2,1-6H3,(H2,19,21,22);1H. The molecule has 0 aliphatic carbocycles. The predicted octanol–water partition coefficient (Wildman–Crippen LogP) is 2.87. The van der Waals surface area contributed by atoms with E-state index in [1.807, 2.05) is 26.4 Å².